The van der Waals surface area contributed by atoms with Gasteiger partial charge >= 0.3 is 5.97 Å². The lowest BCUT2D eigenvalue weighted by atomic mass is 10.2. The third kappa shape index (κ3) is 4.13. The van der Waals surface area contributed by atoms with Gasteiger partial charge in [0.25, 0.3) is 0 Å². The summed E-state index contributed by atoms with van der Waals surface area (Å²) in [5.74, 6) is 0.974. The monoisotopic (exact) mass is 250 g/mol. The average molecular weight is 250 g/mol. The minimum absolute atomic E-state index is 0.355. The predicted octanol–water partition coefficient (Wildman–Crippen LogP) is 2.67. The fraction of sp³-hybridized carbons (Fsp3) is 0.357. The number of methoxy groups -OCH3 is 1. The molecule has 98 valence electrons. The summed E-state index contributed by atoms with van der Waals surface area (Å²) in [6, 6.07) is 5.46. The smallest absolute Gasteiger partial charge is 0.330 e. The molecule has 0 unspecified atom stereocenters. The minimum Gasteiger partial charge on any atom is -0.493 e. The van der Waals surface area contributed by atoms with E-state index in [-0.39, 0.29) is 5.97 Å². The van der Waals surface area contributed by atoms with Crippen LogP contribution in [0, 0.1) is 0 Å². The van der Waals surface area contributed by atoms with Crippen molar-refractivity contribution in [1.29, 1.82) is 0 Å². The molecular weight excluding hydrogens is 232 g/mol. The number of hydrogen-bond acceptors (Lipinski definition) is 4. The zero-order chi connectivity index (χ0) is 13.4. The van der Waals surface area contributed by atoms with Crippen LogP contribution in [0.3, 0.4) is 0 Å². The van der Waals surface area contributed by atoms with Crippen molar-refractivity contribution >= 4 is 12.0 Å². The van der Waals surface area contributed by atoms with Gasteiger partial charge in [0.15, 0.2) is 11.5 Å². The first kappa shape index (κ1) is 14.1. The van der Waals surface area contributed by atoms with Gasteiger partial charge < -0.3 is 14.2 Å². The lowest BCUT2D eigenvalue weighted by molar-refractivity contribution is -0.137. The molecule has 0 radical (unpaired) electrons. The molecule has 1 aromatic carbocycles. The first-order valence-electron chi connectivity index (χ1n) is 5.87. The van der Waals surface area contributed by atoms with E-state index in [1.54, 1.807) is 26.2 Å². The highest BCUT2D eigenvalue weighted by Gasteiger charge is 2.04. The maximum atomic E-state index is 11.2. The van der Waals surface area contributed by atoms with E-state index in [1.807, 2.05) is 19.1 Å². The van der Waals surface area contributed by atoms with Gasteiger partial charge in [-0.15, -0.1) is 0 Å². The molecule has 0 saturated heterocycles. The molecule has 0 amide bonds. The van der Waals surface area contributed by atoms with E-state index in [0.717, 1.165) is 5.56 Å². The number of carbonyl (C=O) groups excluding carboxylic acids is 1. The molecule has 0 spiro atoms. The highest BCUT2D eigenvalue weighted by molar-refractivity contribution is 5.87. The van der Waals surface area contributed by atoms with Gasteiger partial charge in [0.2, 0.25) is 0 Å². The van der Waals surface area contributed by atoms with Crippen molar-refractivity contribution < 1.29 is 19.0 Å². The van der Waals surface area contributed by atoms with Crippen LogP contribution in [-0.2, 0) is 9.53 Å². The van der Waals surface area contributed by atoms with Crippen LogP contribution in [0.1, 0.15) is 19.4 Å². The SMILES string of the molecule is CCOC(=O)/C=C/c1ccc(OC)c(OCC)c1. The van der Waals surface area contributed by atoms with Gasteiger partial charge in [-0.3, -0.25) is 0 Å². The van der Waals surface area contributed by atoms with E-state index in [0.29, 0.717) is 24.7 Å². The maximum Gasteiger partial charge on any atom is 0.330 e. The van der Waals surface area contributed by atoms with Gasteiger partial charge in [-0.1, -0.05) is 6.07 Å². The summed E-state index contributed by atoms with van der Waals surface area (Å²) in [6.07, 6.45) is 3.07. The summed E-state index contributed by atoms with van der Waals surface area (Å²) in [7, 11) is 1.59. The van der Waals surface area contributed by atoms with Crippen molar-refractivity contribution in [2.45, 2.75) is 13.8 Å². The Kier molecular flexibility index (Phi) is 5.77. The van der Waals surface area contributed by atoms with Gasteiger partial charge in [-0.05, 0) is 37.6 Å². The lowest BCUT2D eigenvalue weighted by Crippen LogP contribution is -1.99. The zero-order valence-electron chi connectivity index (χ0n) is 10.9. The highest BCUT2D eigenvalue weighted by Crippen LogP contribution is 2.28. The molecule has 0 atom stereocenters. The Morgan fingerprint density at radius 3 is 2.61 bits per heavy atom. The number of ether oxygens (including phenoxy) is 3. The Labute approximate surface area is 107 Å². The molecule has 0 N–H and O–H groups in total. The molecule has 4 heteroatoms. The van der Waals surface area contributed by atoms with E-state index < -0.39 is 0 Å². The Morgan fingerprint density at radius 1 is 1.22 bits per heavy atom. The largest absolute Gasteiger partial charge is 0.493 e. The third-order valence-corrected chi connectivity index (χ3v) is 2.19. The predicted molar refractivity (Wildman–Crippen MR) is 69.8 cm³/mol. The van der Waals surface area contributed by atoms with Gasteiger partial charge in [-0.25, -0.2) is 4.79 Å². The van der Waals surface area contributed by atoms with Crippen LogP contribution in [0.15, 0.2) is 24.3 Å². The van der Waals surface area contributed by atoms with Crippen molar-refractivity contribution in [2.75, 3.05) is 20.3 Å². The van der Waals surface area contributed by atoms with Gasteiger partial charge in [0, 0.05) is 6.08 Å². The van der Waals surface area contributed by atoms with Crippen molar-refractivity contribution in [2.24, 2.45) is 0 Å². The lowest BCUT2D eigenvalue weighted by Gasteiger charge is -2.09. The van der Waals surface area contributed by atoms with Crippen LogP contribution >= 0.6 is 0 Å². The quantitative estimate of drug-likeness (QED) is 0.575. The number of benzene rings is 1. The van der Waals surface area contributed by atoms with Gasteiger partial charge in [0.1, 0.15) is 0 Å². The molecule has 0 bridgehead atoms. The van der Waals surface area contributed by atoms with E-state index in [2.05, 4.69) is 0 Å². The zero-order valence-corrected chi connectivity index (χ0v) is 10.9. The summed E-state index contributed by atoms with van der Waals surface area (Å²) < 4.78 is 15.4. The van der Waals surface area contributed by atoms with Crippen LogP contribution < -0.4 is 9.47 Å². The molecule has 0 saturated carbocycles. The summed E-state index contributed by atoms with van der Waals surface area (Å²) in [5, 5.41) is 0. The second-order valence-electron chi connectivity index (χ2n) is 3.43. The summed E-state index contributed by atoms with van der Waals surface area (Å²) in [6.45, 7) is 4.60. The van der Waals surface area contributed by atoms with Crippen LogP contribution in [-0.4, -0.2) is 26.3 Å². The molecule has 0 aromatic heterocycles. The van der Waals surface area contributed by atoms with Gasteiger partial charge in [0.05, 0.1) is 20.3 Å². The molecular formula is C14H18O4. The number of rotatable bonds is 6. The molecule has 0 aliphatic rings. The molecule has 0 aliphatic carbocycles. The first-order chi connectivity index (χ1) is 8.71. The minimum atomic E-state index is -0.355. The van der Waals surface area contributed by atoms with Crippen molar-refractivity contribution in [3.05, 3.63) is 29.8 Å². The number of carbonyl (C=O) groups is 1. The highest BCUT2D eigenvalue weighted by atomic mass is 16.5. The summed E-state index contributed by atoms with van der Waals surface area (Å²) >= 11 is 0. The molecule has 18 heavy (non-hydrogen) atoms. The van der Waals surface area contributed by atoms with Crippen molar-refractivity contribution in [1.82, 2.24) is 0 Å². The molecule has 0 aliphatic heterocycles. The first-order valence-corrected chi connectivity index (χ1v) is 5.87. The normalized spacial score (nSPS) is 10.4. The standard InChI is InChI=1S/C14H18O4/c1-4-17-13-10-11(6-8-12(13)16-3)7-9-14(15)18-5-2/h6-10H,4-5H2,1-3H3/b9-7+. The fourth-order valence-electron chi connectivity index (χ4n) is 1.42. The molecule has 4 nitrogen and oxygen atoms in total. The van der Waals surface area contributed by atoms with Crippen LogP contribution in [0.4, 0.5) is 0 Å². The van der Waals surface area contributed by atoms with E-state index >= 15 is 0 Å². The average Bonchev–Trinajstić information content (AvgIpc) is 2.37. The second-order valence-corrected chi connectivity index (χ2v) is 3.43. The van der Waals surface area contributed by atoms with Crippen molar-refractivity contribution in [3.63, 3.8) is 0 Å². The topological polar surface area (TPSA) is 44.8 Å². The van der Waals surface area contributed by atoms with Crippen LogP contribution in [0.2, 0.25) is 0 Å². The molecule has 0 heterocycles. The summed E-state index contributed by atoms with van der Waals surface area (Å²) in [4.78, 5) is 11.2. The molecule has 1 aromatic rings. The second kappa shape index (κ2) is 7.37. The Bertz CT molecular complexity index is 424. The van der Waals surface area contributed by atoms with Gasteiger partial charge in [-0.2, -0.15) is 0 Å². The molecule has 1 rings (SSSR count). The van der Waals surface area contributed by atoms with Crippen molar-refractivity contribution in [3.8, 4) is 11.5 Å². The Hall–Kier alpha value is -1.97. The third-order valence-electron chi connectivity index (χ3n) is 2.19. The molecule has 0 fully saturated rings. The van der Waals surface area contributed by atoms with E-state index in [1.165, 1.54) is 6.08 Å². The van der Waals surface area contributed by atoms with E-state index in [4.69, 9.17) is 14.2 Å². The van der Waals surface area contributed by atoms with E-state index in [9.17, 15) is 4.79 Å². The Balaban J connectivity index is 2.84. The number of esters is 1. The Morgan fingerprint density at radius 2 is 2.00 bits per heavy atom. The van der Waals surface area contributed by atoms with Crippen LogP contribution in [0.5, 0.6) is 11.5 Å². The number of hydrogen-bond donors (Lipinski definition) is 0. The van der Waals surface area contributed by atoms with Crippen LogP contribution in [0.25, 0.3) is 6.08 Å². The summed E-state index contributed by atoms with van der Waals surface area (Å²) in [5.41, 5.74) is 0.854. The fourth-order valence-corrected chi connectivity index (χ4v) is 1.42. The maximum absolute atomic E-state index is 11.2.